The molecule has 0 radical (unpaired) electrons. The van der Waals surface area contributed by atoms with Crippen LogP contribution in [0.4, 0.5) is 0 Å². The molecule has 1 aliphatic rings. The Morgan fingerprint density at radius 1 is 1.30 bits per heavy atom. The molecule has 2 rings (SSSR count). The molecule has 1 fully saturated rings. The van der Waals surface area contributed by atoms with E-state index in [1.54, 1.807) is 0 Å². The molecule has 1 aromatic rings. The van der Waals surface area contributed by atoms with Crippen LogP contribution >= 0.6 is 0 Å². The lowest BCUT2D eigenvalue weighted by atomic mass is 9.91. The van der Waals surface area contributed by atoms with Crippen LogP contribution in [0.1, 0.15) is 39.7 Å². The summed E-state index contributed by atoms with van der Waals surface area (Å²) in [6, 6.07) is 11.5. The zero-order valence-electron chi connectivity index (χ0n) is 13.5. The molecule has 2 unspecified atom stereocenters. The second-order valence-electron chi connectivity index (χ2n) is 6.96. The van der Waals surface area contributed by atoms with Gasteiger partial charge in [0.2, 0.25) is 0 Å². The Bertz CT molecular complexity index is 401. The summed E-state index contributed by atoms with van der Waals surface area (Å²) >= 11 is 0. The summed E-state index contributed by atoms with van der Waals surface area (Å²) in [6.45, 7) is 12.8. The van der Waals surface area contributed by atoms with Crippen LogP contribution in [-0.2, 0) is 6.42 Å². The summed E-state index contributed by atoms with van der Waals surface area (Å²) in [5, 5.41) is 3.78. The molecule has 1 saturated heterocycles. The van der Waals surface area contributed by atoms with Crippen molar-refractivity contribution in [2.75, 3.05) is 19.6 Å². The summed E-state index contributed by atoms with van der Waals surface area (Å²) in [5.41, 5.74) is 1.73. The van der Waals surface area contributed by atoms with Crippen LogP contribution in [0, 0.1) is 5.92 Å². The van der Waals surface area contributed by atoms with Crippen LogP contribution in [0.15, 0.2) is 30.3 Å². The summed E-state index contributed by atoms with van der Waals surface area (Å²) in [4.78, 5) is 2.71. The Balaban J connectivity index is 2.06. The zero-order valence-corrected chi connectivity index (χ0v) is 13.5. The minimum atomic E-state index is 0.280. The number of nitrogens with one attached hydrogen (secondary N) is 1. The van der Waals surface area contributed by atoms with Gasteiger partial charge in [0.05, 0.1) is 0 Å². The van der Waals surface area contributed by atoms with Gasteiger partial charge in [-0.05, 0) is 31.2 Å². The predicted octanol–water partition coefficient (Wildman–Crippen LogP) is 3.33. The number of nitrogens with zero attached hydrogens (tertiary/aromatic N) is 1. The first-order chi connectivity index (χ1) is 9.52. The normalized spacial score (nSPS) is 27.9. The number of rotatable bonds is 5. The number of hydrogen-bond donors (Lipinski definition) is 1. The minimum Gasteiger partial charge on any atom is -0.309 e. The smallest absolute Gasteiger partial charge is 0.0278 e. The van der Waals surface area contributed by atoms with Gasteiger partial charge in [-0.2, -0.15) is 0 Å². The third-order valence-electron chi connectivity index (χ3n) is 4.53. The Labute approximate surface area is 124 Å². The lowest BCUT2D eigenvalue weighted by Gasteiger charge is -2.47. The molecule has 0 spiro atoms. The van der Waals surface area contributed by atoms with E-state index < -0.39 is 0 Å². The van der Waals surface area contributed by atoms with E-state index in [0.717, 1.165) is 18.9 Å². The van der Waals surface area contributed by atoms with Gasteiger partial charge in [-0.15, -0.1) is 0 Å². The van der Waals surface area contributed by atoms with E-state index in [0.29, 0.717) is 6.04 Å². The molecule has 1 heterocycles. The van der Waals surface area contributed by atoms with Gasteiger partial charge in [-0.3, -0.25) is 4.90 Å². The SMILES string of the molecule is CCC1(C)CN(CC(C)C)C(Cc2ccccc2)CN1. The van der Waals surface area contributed by atoms with Gasteiger partial charge in [0.15, 0.2) is 0 Å². The summed E-state index contributed by atoms with van der Waals surface area (Å²) in [7, 11) is 0. The molecule has 0 aromatic heterocycles. The summed E-state index contributed by atoms with van der Waals surface area (Å²) in [6.07, 6.45) is 2.35. The fourth-order valence-corrected chi connectivity index (χ4v) is 3.13. The highest BCUT2D eigenvalue weighted by Gasteiger charge is 2.34. The van der Waals surface area contributed by atoms with Crippen LogP contribution in [0.3, 0.4) is 0 Å². The molecule has 0 saturated carbocycles. The van der Waals surface area contributed by atoms with Gasteiger partial charge in [0.1, 0.15) is 0 Å². The van der Waals surface area contributed by atoms with Crippen molar-refractivity contribution in [2.45, 2.75) is 52.1 Å². The molecule has 1 aromatic carbocycles. The molecule has 0 bridgehead atoms. The van der Waals surface area contributed by atoms with Crippen molar-refractivity contribution in [1.82, 2.24) is 10.2 Å². The van der Waals surface area contributed by atoms with Crippen molar-refractivity contribution in [3.63, 3.8) is 0 Å². The number of hydrogen-bond acceptors (Lipinski definition) is 2. The molecule has 0 amide bonds. The first-order valence-corrected chi connectivity index (χ1v) is 8.05. The van der Waals surface area contributed by atoms with E-state index in [2.05, 4.69) is 68.2 Å². The molecular formula is C18H30N2. The van der Waals surface area contributed by atoms with E-state index in [-0.39, 0.29) is 5.54 Å². The van der Waals surface area contributed by atoms with Gasteiger partial charge in [-0.25, -0.2) is 0 Å². The largest absolute Gasteiger partial charge is 0.309 e. The highest BCUT2D eigenvalue weighted by molar-refractivity contribution is 5.16. The molecule has 1 N–H and O–H groups in total. The van der Waals surface area contributed by atoms with Gasteiger partial charge >= 0.3 is 0 Å². The average molecular weight is 274 g/mol. The maximum atomic E-state index is 3.78. The van der Waals surface area contributed by atoms with Crippen molar-refractivity contribution in [1.29, 1.82) is 0 Å². The Morgan fingerprint density at radius 2 is 2.00 bits per heavy atom. The van der Waals surface area contributed by atoms with Crippen LogP contribution in [0.2, 0.25) is 0 Å². The maximum absolute atomic E-state index is 3.78. The zero-order chi connectivity index (χ0) is 14.6. The summed E-state index contributed by atoms with van der Waals surface area (Å²) in [5.74, 6) is 0.729. The highest BCUT2D eigenvalue weighted by Crippen LogP contribution is 2.22. The van der Waals surface area contributed by atoms with Gasteiger partial charge in [0.25, 0.3) is 0 Å². The number of piperazine rings is 1. The third kappa shape index (κ3) is 4.07. The molecule has 112 valence electrons. The first kappa shape index (κ1) is 15.5. The topological polar surface area (TPSA) is 15.3 Å². The minimum absolute atomic E-state index is 0.280. The van der Waals surface area contributed by atoms with Crippen molar-refractivity contribution in [3.05, 3.63) is 35.9 Å². The summed E-state index contributed by atoms with van der Waals surface area (Å²) < 4.78 is 0. The quantitative estimate of drug-likeness (QED) is 0.886. The molecular weight excluding hydrogens is 244 g/mol. The van der Waals surface area contributed by atoms with Gasteiger partial charge in [0, 0.05) is 31.2 Å². The van der Waals surface area contributed by atoms with Crippen molar-refractivity contribution in [2.24, 2.45) is 5.92 Å². The Morgan fingerprint density at radius 3 is 2.60 bits per heavy atom. The average Bonchev–Trinajstić information content (AvgIpc) is 2.43. The van der Waals surface area contributed by atoms with Crippen LogP contribution in [0.5, 0.6) is 0 Å². The van der Waals surface area contributed by atoms with E-state index in [1.807, 2.05) is 0 Å². The van der Waals surface area contributed by atoms with Crippen LogP contribution < -0.4 is 5.32 Å². The highest BCUT2D eigenvalue weighted by atomic mass is 15.2. The van der Waals surface area contributed by atoms with Crippen molar-refractivity contribution >= 4 is 0 Å². The van der Waals surface area contributed by atoms with Gasteiger partial charge < -0.3 is 5.32 Å². The maximum Gasteiger partial charge on any atom is 0.0278 e. The Kier molecular flexibility index (Phi) is 5.22. The lowest BCUT2D eigenvalue weighted by molar-refractivity contribution is 0.0738. The molecule has 2 atom stereocenters. The van der Waals surface area contributed by atoms with E-state index in [1.165, 1.54) is 25.1 Å². The lowest BCUT2D eigenvalue weighted by Crippen LogP contribution is -2.63. The Hall–Kier alpha value is -0.860. The second kappa shape index (κ2) is 6.73. The van der Waals surface area contributed by atoms with Crippen molar-refractivity contribution in [3.8, 4) is 0 Å². The molecule has 0 aliphatic carbocycles. The standard InChI is InChI=1S/C18H30N2/c1-5-18(4)14-20(13-15(2)3)17(12-19-18)11-16-9-7-6-8-10-16/h6-10,15,17,19H,5,11-14H2,1-4H3. The number of benzene rings is 1. The van der Waals surface area contributed by atoms with E-state index in [4.69, 9.17) is 0 Å². The fraction of sp³-hybridized carbons (Fsp3) is 0.667. The van der Waals surface area contributed by atoms with Crippen LogP contribution in [-0.4, -0.2) is 36.1 Å². The molecule has 2 nitrogen and oxygen atoms in total. The monoisotopic (exact) mass is 274 g/mol. The molecule has 1 aliphatic heterocycles. The van der Waals surface area contributed by atoms with Gasteiger partial charge in [-0.1, -0.05) is 51.1 Å². The fourth-order valence-electron chi connectivity index (χ4n) is 3.13. The molecule has 20 heavy (non-hydrogen) atoms. The second-order valence-corrected chi connectivity index (χ2v) is 6.96. The van der Waals surface area contributed by atoms with E-state index in [9.17, 15) is 0 Å². The van der Waals surface area contributed by atoms with E-state index >= 15 is 0 Å². The first-order valence-electron chi connectivity index (χ1n) is 8.05. The molecule has 2 heteroatoms. The third-order valence-corrected chi connectivity index (χ3v) is 4.53. The predicted molar refractivity (Wildman–Crippen MR) is 87.0 cm³/mol. The van der Waals surface area contributed by atoms with Crippen LogP contribution in [0.25, 0.3) is 0 Å². The van der Waals surface area contributed by atoms with Crippen molar-refractivity contribution < 1.29 is 0 Å².